The van der Waals surface area contributed by atoms with Crippen molar-refractivity contribution in [2.24, 2.45) is 0 Å². The van der Waals surface area contributed by atoms with Gasteiger partial charge in [0.2, 0.25) is 5.91 Å². The van der Waals surface area contributed by atoms with Crippen LogP contribution in [0.3, 0.4) is 0 Å². The first-order chi connectivity index (χ1) is 10.2. The first kappa shape index (κ1) is 13.8. The Balaban J connectivity index is 1.97. The molecule has 108 valence electrons. The van der Waals surface area contributed by atoms with Gasteiger partial charge in [0.1, 0.15) is 6.04 Å². The van der Waals surface area contributed by atoms with Crippen molar-refractivity contribution in [1.82, 2.24) is 20.4 Å². The Morgan fingerprint density at radius 1 is 1.43 bits per heavy atom. The summed E-state index contributed by atoms with van der Waals surface area (Å²) in [5.41, 5.74) is 1.23. The molecule has 1 atom stereocenters. The molecular weight excluding hydrogens is 336 g/mol. The molecule has 2 aromatic rings. The number of halogens is 1. The molecule has 1 fully saturated rings. The molecule has 0 aliphatic carbocycles. The summed E-state index contributed by atoms with van der Waals surface area (Å²) in [6.45, 7) is 0.917. The number of amides is 2. The normalized spacial score (nSPS) is 18.4. The molecule has 3 rings (SSSR count). The molecular formula is C14H13BrN4O2. The Morgan fingerprint density at radius 3 is 3.00 bits per heavy atom. The highest BCUT2D eigenvalue weighted by molar-refractivity contribution is 9.10. The van der Waals surface area contributed by atoms with Crippen LogP contribution < -0.4 is 5.32 Å². The van der Waals surface area contributed by atoms with E-state index in [1.807, 2.05) is 24.3 Å². The van der Waals surface area contributed by atoms with Crippen LogP contribution in [0.5, 0.6) is 0 Å². The fraction of sp³-hybridized carbons (Fsp3) is 0.214. The van der Waals surface area contributed by atoms with Crippen molar-refractivity contribution in [3.63, 3.8) is 0 Å². The van der Waals surface area contributed by atoms with E-state index in [1.165, 1.54) is 12.4 Å². The van der Waals surface area contributed by atoms with Gasteiger partial charge in [-0.3, -0.25) is 14.7 Å². The van der Waals surface area contributed by atoms with Gasteiger partial charge in [-0.15, -0.1) is 0 Å². The van der Waals surface area contributed by atoms with Gasteiger partial charge >= 0.3 is 0 Å². The van der Waals surface area contributed by atoms with Gasteiger partial charge in [0, 0.05) is 23.8 Å². The van der Waals surface area contributed by atoms with Crippen molar-refractivity contribution >= 4 is 27.7 Å². The lowest BCUT2D eigenvalue weighted by atomic mass is 10.0. The van der Waals surface area contributed by atoms with Gasteiger partial charge in [-0.1, -0.05) is 28.1 Å². The van der Waals surface area contributed by atoms with Crippen molar-refractivity contribution in [1.29, 1.82) is 0 Å². The van der Waals surface area contributed by atoms with E-state index >= 15 is 0 Å². The van der Waals surface area contributed by atoms with Crippen molar-refractivity contribution in [2.45, 2.75) is 6.04 Å². The van der Waals surface area contributed by atoms with Gasteiger partial charge in [0.05, 0.1) is 11.8 Å². The van der Waals surface area contributed by atoms with E-state index in [9.17, 15) is 9.59 Å². The highest BCUT2D eigenvalue weighted by Gasteiger charge is 2.35. The van der Waals surface area contributed by atoms with Crippen LogP contribution in [-0.2, 0) is 4.79 Å². The Bertz CT molecular complexity index is 671. The molecule has 0 unspecified atom stereocenters. The van der Waals surface area contributed by atoms with E-state index in [4.69, 9.17) is 0 Å². The van der Waals surface area contributed by atoms with Gasteiger partial charge < -0.3 is 10.2 Å². The molecule has 2 amide bonds. The number of hydrogen-bond acceptors (Lipinski definition) is 3. The van der Waals surface area contributed by atoms with Gasteiger partial charge in [0.15, 0.2) is 0 Å². The standard InChI is InChI=1S/C14H13BrN4O2/c15-11-3-1-2-9(6-11)12-13(20)16-4-5-19(12)14(21)10-7-17-18-8-10/h1-3,6-8,12H,4-5H2,(H,16,20)(H,17,18)/t12-/m1/s1. The number of aromatic nitrogens is 2. The molecule has 0 spiro atoms. The molecule has 0 radical (unpaired) electrons. The maximum Gasteiger partial charge on any atom is 0.258 e. The zero-order valence-corrected chi connectivity index (χ0v) is 12.6. The van der Waals surface area contributed by atoms with E-state index in [-0.39, 0.29) is 11.8 Å². The van der Waals surface area contributed by atoms with Crippen LogP contribution in [0.25, 0.3) is 0 Å². The molecule has 6 nitrogen and oxygen atoms in total. The first-order valence-corrected chi connectivity index (χ1v) is 7.29. The number of piperazine rings is 1. The molecule has 0 saturated carbocycles. The lowest BCUT2D eigenvalue weighted by Gasteiger charge is -2.35. The summed E-state index contributed by atoms with van der Waals surface area (Å²) in [5.74, 6) is -0.375. The van der Waals surface area contributed by atoms with Crippen molar-refractivity contribution in [3.05, 3.63) is 52.3 Å². The molecule has 1 aromatic heterocycles. The van der Waals surface area contributed by atoms with Crippen LogP contribution in [0.4, 0.5) is 0 Å². The fourth-order valence-corrected chi connectivity index (χ4v) is 2.84. The van der Waals surface area contributed by atoms with Crippen LogP contribution >= 0.6 is 15.9 Å². The topological polar surface area (TPSA) is 78.1 Å². The summed E-state index contributed by atoms with van der Waals surface area (Å²) < 4.78 is 0.870. The number of H-pyrrole nitrogens is 1. The second-order valence-electron chi connectivity index (χ2n) is 4.73. The summed E-state index contributed by atoms with van der Waals surface area (Å²) in [5, 5.41) is 9.22. The Kier molecular flexibility index (Phi) is 3.74. The zero-order chi connectivity index (χ0) is 14.8. The maximum absolute atomic E-state index is 12.5. The Morgan fingerprint density at radius 2 is 2.29 bits per heavy atom. The van der Waals surface area contributed by atoms with E-state index < -0.39 is 6.04 Å². The average Bonchev–Trinajstić information content (AvgIpc) is 3.00. The predicted molar refractivity (Wildman–Crippen MR) is 79.5 cm³/mol. The third-order valence-corrected chi connectivity index (χ3v) is 3.88. The van der Waals surface area contributed by atoms with E-state index in [0.29, 0.717) is 18.7 Å². The molecule has 7 heteroatoms. The number of benzene rings is 1. The Labute approximate surface area is 129 Å². The summed E-state index contributed by atoms with van der Waals surface area (Å²) in [6, 6.07) is 6.80. The minimum Gasteiger partial charge on any atom is -0.352 e. The summed E-state index contributed by atoms with van der Waals surface area (Å²) in [7, 11) is 0. The van der Waals surface area contributed by atoms with Gasteiger partial charge in [0.25, 0.3) is 5.91 Å². The SMILES string of the molecule is O=C1NCCN(C(=O)c2cn[nH]c2)[C@@H]1c1cccc(Br)c1. The molecule has 21 heavy (non-hydrogen) atoms. The Hall–Kier alpha value is -2.15. The van der Waals surface area contributed by atoms with Crippen LogP contribution in [0.15, 0.2) is 41.1 Å². The van der Waals surface area contributed by atoms with Crippen molar-refractivity contribution in [3.8, 4) is 0 Å². The smallest absolute Gasteiger partial charge is 0.258 e. The summed E-state index contributed by atoms with van der Waals surface area (Å²) in [4.78, 5) is 26.4. The molecule has 1 aliphatic heterocycles. The van der Waals surface area contributed by atoms with Crippen LogP contribution in [0, 0.1) is 0 Å². The number of nitrogens with one attached hydrogen (secondary N) is 2. The quantitative estimate of drug-likeness (QED) is 0.862. The lowest BCUT2D eigenvalue weighted by Crippen LogP contribution is -2.52. The number of rotatable bonds is 2. The molecule has 1 saturated heterocycles. The number of aromatic amines is 1. The maximum atomic E-state index is 12.5. The van der Waals surface area contributed by atoms with Gasteiger partial charge in [-0.2, -0.15) is 5.10 Å². The monoisotopic (exact) mass is 348 g/mol. The van der Waals surface area contributed by atoms with Gasteiger partial charge in [-0.05, 0) is 17.7 Å². The highest BCUT2D eigenvalue weighted by atomic mass is 79.9. The third kappa shape index (κ3) is 2.69. The summed E-state index contributed by atoms with van der Waals surface area (Å²) in [6.07, 6.45) is 3.00. The summed E-state index contributed by atoms with van der Waals surface area (Å²) >= 11 is 3.39. The fourth-order valence-electron chi connectivity index (χ4n) is 2.43. The molecule has 2 heterocycles. The predicted octanol–water partition coefficient (Wildman–Crippen LogP) is 1.49. The van der Waals surface area contributed by atoms with E-state index in [1.54, 1.807) is 4.90 Å². The number of nitrogens with zero attached hydrogens (tertiary/aromatic N) is 2. The number of carbonyl (C=O) groups excluding carboxylic acids is 2. The lowest BCUT2D eigenvalue weighted by molar-refractivity contribution is -0.128. The number of carbonyl (C=O) groups is 2. The average molecular weight is 349 g/mol. The molecule has 0 bridgehead atoms. The molecule has 1 aliphatic rings. The first-order valence-electron chi connectivity index (χ1n) is 6.50. The van der Waals surface area contributed by atoms with Gasteiger partial charge in [-0.25, -0.2) is 0 Å². The zero-order valence-electron chi connectivity index (χ0n) is 11.0. The molecule has 2 N–H and O–H groups in total. The van der Waals surface area contributed by atoms with Crippen molar-refractivity contribution < 1.29 is 9.59 Å². The van der Waals surface area contributed by atoms with Crippen LogP contribution in [0.1, 0.15) is 22.0 Å². The minimum atomic E-state index is -0.626. The largest absolute Gasteiger partial charge is 0.352 e. The minimum absolute atomic E-state index is 0.170. The van der Waals surface area contributed by atoms with Crippen LogP contribution in [0.2, 0.25) is 0 Å². The van der Waals surface area contributed by atoms with E-state index in [0.717, 1.165) is 10.0 Å². The van der Waals surface area contributed by atoms with Crippen molar-refractivity contribution in [2.75, 3.05) is 13.1 Å². The van der Waals surface area contributed by atoms with E-state index in [2.05, 4.69) is 31.4 Å². The van der Waals surface area contributed by atoms with Crippen LogP contribution in [-0.4, -0.2) is 40.0 Å². The second kappa shape index (κ2) is 5.69. The third-order valence-electron chi connectivity index (χ3n) is 3.38. The highest BCUT2D eigenvalue weighted by Crippen LogP contribution is 2.27. The molecule has 1 aromatic carbocycles. The second-order valence-corrected chi connectivity index (χ2v) is 5.65. The number of hydrogen-bond donors (Lipinski definition) is 2.